The molecule has 5 nitrogen and oxygen atoms in total. The minimum Gasteiger partial charge on any atom is -0.392 e. The average Bonchev–Trinajstić information content (AvgIpc) is 2.36. The van der Waals surface area contributed by atoms with E-state index in [0.717, 1.165) is 12.0 Å². The van der Waals surface area contributed by atoms with Gasteiger partial charge in [0.25, 0.3) is 10.2 Å². The van der Waals surface area contributed by atoms with Gasteiger partial charge in [0, 0.05) is 19.6 Å². The standard InChI is InChI=1S/C12H18N2O3S/c1-10(15)8-13-18(16,17)14-7-6-11-4-2-3-5-12(11)9-14/h2-5,10,13,15H,6-9H2,1H3. The Morgan fingerprint density at radius 1 is 1.39 bits per heavy atom. The van der Waals surface area contributed by atoms with E-state index in [-0.39, 0.29) is 6.54 Å². The maximum atomic E-state index is 12.0. The van der Waals surface area contributed by atoms with E-state index in [1.54, 1.807) is 6.92 Å². The highest BCUT2D eigenvalue weighted by Gasteiger charge is 2.26. The van der Waals surface area contributed by atoms with E-state index in [9.17, 15) is 8.42 Å². The van der Waals surface area contributed by atoms with Crippen molar-refractivity contribution in [1.29, 1.82) is 0 Å². The van der Waals surface area contributed by atoms with Crippen molar-refractivity contribution < 1.29 is 13.5 Å². The van der Waals surface area contributed by atoms with Gasteiger partial charge in [-0.3, -0.25) is 0 Å². The zero-order valence-electron chi connectivity index (χ0n) is 10.3. The molecule has 0 radical (unpaired) electrons. The molecule has 0 aliphatic carbocycles. The van der Waals surface area contributed by atoms with Gasteiger partial charge in [0.2, 0.25) is 0 Å². The van der Waals surface area contributed by atoms with E-state index in [1.807, 2.05) is 24.3 Å². The molecule has 1 heterocycles. The molecular weight excluding hydrogens is 252 g/mol. The minimum absolute atomic E-state index is 0.0421. The van der Waals surface area contributed by atoms with Crippen molar-refractivity contribution in [3.05, 3.63) is 35.4 Å². The first-order chi connectivity index (χ1) is 8.49. The number of rotatable bonds is 4. The van der Waals surface area contributed by atoms with E-state index < -0.39 is 16.3 Å². The van der Waals surface area contributed by atoms with Gasteiger partial charge in [-0.15, -0.1) is 0 Å². The zero-order valence-corrected chi connectivity index (χ0v) is 11.2. The van der Waals surface area contributed by atoms with Gasteiger partial charge in [0.05, 0.1) is 6.10 Å². The van der Waals surface area contributed by atoms with Gasteiger partial charge in [-0.25, -0.2) is 0 Å². The SMILES string of the molecule is CC(O)CNS(=O)(=O)N1CCc2ccccc2C1. The van der Waals surface area contributed by atoms with Crippen LogP contribution in [0.3, 0.4) is 0 Å². The highest BCUT2D eigenvalue weighted by Crippen LogP contribution is 2.20. The summed E-state index contributed by atoms with van der Waals surface area (Å²) in [5.41, 5.74) is 2.26. The van der Waals surface area contributed by atoms with Gasteiger partial charge in [-0.05, 0) is 24.5 Å². The van der Waals surface area contributed by atoms with Gasteiger partial charge >= 0.3 is 0 Å². The smallest absolute Gasteiger partial charge is 0.279 e. The van der Waals surface area contributed by atoms with Crippen molar-refractivity contribution in [2.75, 3.05) is 13.1 Å². The molecule has 2 N–H and O–H groups in total. The van der Waals surface area contributed by atoms with Crippen LogP contribution in [0.4, 0.5) is 0 Å². The number of hydrogen-bond donors (Lipinski definition) is 2. The third-order valence-corrected chi connectivity index (χ3v) is 4.52. The van der Waals surface area contributed by atoms with Crippen LogP contribution in [-0.2, 0) is 23.2 Å². The molecule has 0 fully saturated rings. The van der Waals surface area contributed by atoms with Crippen LogP contribution in [0.25, 0.3) is 0 Å². The van der Waals surface area contributed by atoms with Gasteiger partial charge in [0.15, 0.2) is 0 Å². The molecule has 1 aliphatic rings. The average molecular weight is 270 g/mol. The normalized spacial score (nSPS) is 18.3. The lowest BCUT2D eigenvalue weighted by Gasteiger charge is -2.28. The Bertz CT molecular complexity index is 514. The number of aliphatic hydroxyl groups is 1. The van der Waals surface area contributed by atoms with E-state index in [1.165, 1.54) is 9.87 Å². The lowest BCUT2D eigenvalue weighted by atomic mass is 10.0. The zero-order chi connectivity index (χ0) is 13.2. The number of nitrogens with one attached hydrogen (secondary N) is 1. The van der Waals surface area contributed by atoms with Crippen LogP contribution in [0.15, 0.2) is 24.3 Å². The second kappa shape index (κ2) is 5.36. The summed E-state index contributed by atoms with van der Waals surface area (Å²) in [7, 11) is -3.50. The first-order valence-corrected chi connectivity index (χ1v) is 7.42. The van der Waals surface area contributed by atoms with E-state index in [2.05, 4.69) is 4.72 Å². The largest absolute Gasteiger partial charge is 0.392 e. The van der Waals surface area contributed by atoms with Crippen molar-refractivity contribution in [1.82, 2.24) is 9.03 Å². The molecule has 0 aromatic heterocycles. The molecule has 1 atom stereocenters. The Kier molecular flexibility index (Phi) is 4.01. The fourth-order valence-electron chi connectivity index (χ4n) is 1.99. The molecule has 2 rings (SSSR count). The predicted molar refractivity (Wildman–Crippen MR) is 69.2 cm³/mol. The van der Waals surface area contributed by atoms with Crippen LogP contribution in [0, 0.1) is 0 Å². The Balaban J connectivity index is 2.08. The van der Waals surface area contributed by atoms with Crippen LogP contribution in [0.1, 0.15) is 18.1 Å². The van der Waals surface area contributed by atoms with Gasteiger partial charge in [0.1, 0.15) is 0 Å². The molecule has 0 bridgehead atoms. The van der Waals surface area contributed by atoms with E-state index in [4.69, 9.17) is 5.11 Å². The van der Waals surface area contributed by atoms with Crippen LogP contribution in [0.5, 0.6) is 0 Å². The summed E-state index contributed by atoms with van der Waals surface area (Å²) in [6.07, 6.45) is 0.0445. The Hall–Kier alpha value is -0.950. The fraction of sp³-hybridized carbons (Fsp3) is 0.500. The Labute approximate surface area is 108 Å². The van der Waals surface area contributed by atoms with Crippen LogP contribution in [0.2, 0.25) is 0 Å². The topological polar surface area (TPSA) is 69.6 Å². The van der Waals surface area contributed by atoms with Crippen molar-refractivity contribution in [2.45, 2.75) is 26.0 Å². The third-order valence-electron chi connectivity index (χ3n) is 3.00. The van der Waals surface area contributed by atoms with Crippen molar-refractivity contribution >= 4 is 10.2 Å². The molecule has 0 amide bonds. The molecule has 1 aliphatic heterocycles. The highest BCUT2D eigenvalue weighted by atomic mass is 32.2. The fourth-order valence-corrected chi connectivity index (χ4v) is 3.27. The van der Waals surface area contributed by atoms with Crippen LogP contribution >= 0.6 is 0 Å². The monoisotopic (exact) mass is 270 g/mol. The number of fused-ring (bicyclic) bond motifs is 1. The first-order valence-electron chi connectivity index (χ1n) is 5.98. The van der Waals surface area contributed by atoms with Gasteiger partial charge < -0.3 is 5.11 Å². The van der Waals surface area contributed by atoms with Crippen LogP contribution in [-0.4, -0.2) is 37.0 Å². The molecule has 1 unspecified atom stereocenters. The second-order valence-corrected chi connectivity index (χ2v) is 6.31. The number of nitrogens with zero attached hydrogens (tertiary/aromatic N) is 1. The number of hydrogen-bond acceptors (Lipinski definition) is 3. The van der Waals surface area contributed by atoms with E-state index >= 15 is 0 Å². The Morgan fingerprint density at radius 2 is 2.06 bits per heavy atom. The number of benzene rings is 1. The lowest BCUT2D eigenvalue weighted by molar-refractivity contribution is 0.197. The summed E-state index contributed by atoms with van der Waals surface area (Å²) in [4.78, 5) is 0. The summed E-state index contributed by atoms with van der Waals surface area (Å²) in [6.45, 7) is 2.46. The van der Waals surface area contributed by atoms with Crippen LogP contribution < -0.4 is 4.72 Å². The molecular formula is C12H18N2O3S. The summed E-state index contributed by atoms with van der Waals surface area (Å²) in [6, 6.07) is 7.86. The molecule has 1 aromatic carbocycles. The van der Waals surface area contributed by atoms with E-state index in [0.29, 0.717) is 13.1 Å². The van der Waals surface area contributed by atoms with Crippen molar-refractivity contribution in [3.8, 4) is 0 Å². The quantitative estimate of drug-likeness (QED) is 0.824. The summed E-state index contributed by atoms with van der Waals surface area (Å²) in [5.74, 6) is 0. The summed E-state index contributed by atoms with van der Waals surface area (Å²) < 4.78 is 27.8. The highest BCUT2D eigenvalue weighted by molar-refractivity contribution is 7.87. The minimum atomic E-state index is -3.50. The van der Waals surface area contributed by atoms with Gasteiger partial charge in [-0.1, -0.05) is 24.3 Å². The summed E-state index contributed by atoms with van der Waals surface area (Å²) in [5, 5.41) is 9.13. The third kappa shape index (κ3) is 3.08. The molecule has 6 heteroatoms. The number of aliphatic hydroxyl groups excluding tert-OH is 1. The van der Waals surface area contributed by atoms with Crippen molar-refractivity contribution in [3.63, 3.8) is 0 Å². The summed E-state index contributed by atoms with van der Waals surface area (Å²) >= 11 is 0. The maximum absolute atomic E-state index is 12.0. The molecule has 0 spiro atoms. The molecule has 18 heavy (non-hydrogen) atoms. The molecule has 0 saturated carbocycles. The predicted octanol–water partition coefficient (Wildman–Crippen LogP) is 0.260. The molecule has 1 aromatic rings. The second-order valence-electron chi connectivity index (χ2n) is 4.55. The Morgan fingerprint density at radius 3 is 2.72 bits per heavy atom. The first kappa shape index (κ1) is 13.5. The maximum Gasteiger partial charge on any atom is 0.279 e. The molecule has 100 valence electrons. The lowest BCUT2D eigenvalue weighted by Crippen LogP contribution is -2.45. The molecule has 0 saturated heterocycles. The van der Waals surface area contributed by atoms with Crippen molar-refractivity contribution in [2.24, 2.45) is 0 Å². The van der Waals surface area contributed by atoms with Gasteiger partial charge in [-0.2, -0.15) is 17.4 Å².